The molecular weight excluding hydrogens is 472 g/mol. The molecule has 0 radical (unpaired) electrons. The standard InChI is InChI=1S/C26H38O6S2/c1-5-30-23(28)13-19-9-10-26(14-19)32-15-20(34-26)16-33-12-6-11-31-22-8-7-21(18(4)27)25(29)24(22)17(2)3/h7-8,17,19-20,29H,5-6,9-16H2,1-4H3. The molecule has 2 aliphatic rings. The Morgan fingerprint density at radius 2 is 2.15 bits per heavy atom. The van der Waals surface area contributed by atoms with Crippen molar-refractivity contribution in [2.24, 2.45) is 5.92 Å². The van der Waals surface area contributed by atoms with Crippen molar-refractivity contribution in [1.29, 1.82) is 0 Å². The first kappa shape index (κ1) is 27.2. The Bertz CT molecular complexity index is 858. The van der Waals surface area contributed by atoms with Gasteiger partial charge >= 0.3 is 5.97 Å². The molecule has 0 aromatic heterocycles. The smallest absolute Gasteiger partial charge is 0.306 e. The third-order valence-electron chi connectivity index (χ3n) is 6.34. The van der Waals surface area contributed by atoms with E-state index in [4.69, 9.17) is 14.2 Å². The quantitative estimate of drug-likeness (QED) is 0.215. The summed E-state index contributed by atoms with van der Waals surface area (Å²) >= 11 is 3.87. The van der Waals surface area contributed by atoms with E-state index in [0.717, 1.165) is 43.8 Å². The highest BCUT2D eigenvalue weighted by Gasteiger charge is 2.47. The van der Waals surface area contributed by atoms with Crippen molar-refractivity contribution in [3.8, 4) is 11.5 Å². The third-order valence-corrected chi connectivity index (χ3v) is 9.32. The van der Waals surface area contributed by atoms with E-state index in [0.29, 0.717) is 47.7 Å². The molecule has 34 heavy (non-hydrogen) atoms. The van der Waals surface area contributed by atoms with E-state index in [1.807, 2.05) is 44.3 Å². The van der Waals surface area contributed by atoms with Gasteiger partial charge in [-0.05, 0) is 69.3 Å². The van der Waals surface area contributed by atoms with Crippen LogP contribution < -0.4 is 4.74 Å². The van der Waals surface area contributed by atoms with Gasteiger partial charge in [0, 0.05) is 23.0 Å². The van der Waals surface area contributed by atoms with Gasteiger partial charge in [-0.25, -0.2) is 0 Å². The Morgan fingerprint density at radius 3 is 2.85 bits per heavy atom. The zero-order valence-corrected chi connectivity index (χ0v) is 22.4. The molecule has 1 aromatic rings. The molecular formula is C26H38O6S2. The van der Waals surface area contributed by atoms with Crippen LogP contribution in [0.5, 0.6) is 11.5 Å². The minimum atomic E-state index is -0.148. The fraction of sp³-hybridized carbons (Fsp3) is 0.692. The summed E-state index contributed by atoms with van der Waals surface area (Å²) in [7, 11) is 0. The van der Waals surface area contributed by atoms with E-state index in [1.54, 1.807) is 12.1 Å². The Hall–Kier alpha value is -1.38. The minimum absolute atomic E-state index is 0.0398. The molecule has 0 bridgehead atoms. The Kier molecular flexibility index (Phi) is 10.0. The van der Waals surface area contributed by atoms with Crippen molar-refractivity contribution in [2.45, 2.75) is 75.9 Å². The number of phenols is 1. The van der Waals surface area contributed by atoms with E-state index in [9.17, 15) is 14.7 Å². The lowest BCUT2D eigenvalue weighted by Gasteiger charge is -2.22. The first-order valence-corrected chi connectivity index (χ1v) is 14.3. The summed E-state index contributed by atoms with van der Waals surface area (Å²) in [6, 6.07) is 3.43. The van der Waals surface area contributed by atoms with Crippen molar-refractivity contribution in [2.75, 3.05) is 31.3 Å². The molecule has 1 N–H and O–H groups in total. The normalized spacial score (nSPS) is 24.1. The fourth-order valence-electron chi connectivity index (χ4n) is 4.75. The number of rotatable bonds is 12. The molecule has 3 rings (SSSR count). The Morgan fingerprint density at radius 1 is 1.35 bits per heavy atom. The van der Waals surface area contributed by atoms with Crippen LogP contribution in [0.15, 0.2) is 12.1 Å². The average Bonchev–Trinajstić information content (AvgIpc) is 3.35. The lowest BCUT2D eigenvalue weighted by atomic mass is 9.96. The molecule has 8 heteroatoms. The van der Waals surface area contributed by atoms with Crippen molar-refractivity contribution >= 4 is 35.3 Å². The van der Waals surface area contributed by atoms with Crippen molar-refractivity contribution in [1.82, 2.24) is 0 Å². The number of ether oxygens (including phenoxy) is 3. The van der Waals surface area contributed by atoms with Gasteiger partial charge in [0.1, 0.15) is 16.4 Å². The molecule has 1 spiro atoms. The number of carbonyl (C=O) groups excluding carboxylic acids is 2. The topological polar surface area (TPSA) is 82.1 Å². The van der Waals surface area contributed by atoms with Gasteiger partial charge in [0.15, 0.2) is 5.78 Å². The van der Waals surface area contributed by atoms with Gasteiger partial charge in [-0.3, -0.25) is 9.59 Å². The highest BCUT2D eigenvalue weighted by Crippen LogP contribution is 2.52. The van der Waals surface area contributed by atoms with Crippen molar-refractivity contribution in [3.63, 3.8) is 0 Å². The number of aromatic hydroxyl groups is 1. The van der Waals surface area contributed by atoms with E-state index < -0.39 is 0 Å². The van der Waals surface area contributed by atoms with Crippen LogP contribution in [0.4, 0.5) is 0 Å². The van der Waals surface area contributed by atoms with Gasteiger partial charge in [0.25, 0.3) is 0 Å². The first-order valence-electron chi connectivity index (χ1n) is 12.3. The van der Waals surface area contributed by atoms with Gasteiger partial charge in [-0.1, -0.05) is 13.8 Å². The van der Waals surface area contributed by atoms with Crippen LogP contribution in [0.3, 0.4) is 0 Å². The zero-order valence-electron chi connectivity index (χ0n) is 20.8. The van der Waals surface area contributed by atoms with E-state index >= 15 is 0 Å². The van der Waals surface area contributed by atoms with E-state index in [2.05, 4.69) is 0 Å². The number of Topliss-reactive ketones (excluding diaryl/α,β-unsaturated/α-hetero) is 1. The molecule has 3 atom stereocenters. The molecule has 190 valence electrons. The number of phenolic OH excluding ortho intramolecular Hbond substituents is 1. The van der Waals surface area contributed by atoms with Crippen molar-refractivity contribution < 1.29 is 28.9 Å². The predicted molar refractivity (Wildman–Crippen MR) is 138 cm³/mol. The van der Waals surface area contributed by atoms with Crippen molar-refractivity contribution in [3.05, 3.63) is 23.3 Å². The maximum atomic E-state index is 11.8. The molecule has 0 amide bonds. The van der Waals surface area contributed by atoms with Gasteiger partial charge < -0.3 is 19.3 Å². The van der Waals surface area contributed by atoms with Crippen LogP contribution in [0.25, 0.3) is 0 Å². The van der Waals surface area contributed by atoms with Gasteiger partial charge in [0.2, 0.25) is 0 Å². The second kappa shape index (κ2) is 12.5. The zero-order chi connectivity index (χ0) is 24.7. The second-order valence-electron chi connectivity index (χ2n) is 9.44. The van der Waals surface area contributed by atoms with Crippen LogP contribution in [0.1, 0.15) is 81.6 Å². The maximum Gasteiger partial charge on any atom is 0.306 e. The lowest BCUT2D eigenvalue weighted by molar-refractivity contribution is -0.144. The second-order valence-corrected chi connectivity index (χ2v) is 12.2. The average molecular weight is 511 g/mol. The Labute approximate surface area is 211 Å². The highest BCUT2D eigenvalue weighted by atomic mass is 32.2. The number of esters is 1. The molecule has 1 aliphatic heterocycles. The Balaban J connectivity index is 1.36. The van der Waals surface area contributed by atoms with E-state index in [1.165, 1.54) is 6.92 Å². The maximum absolute atomic E-state index is 11.8. The minimum Gasteiger partial charge on any atom is -0.507 e. The molecule has 1 aromatic carbocycles. The molecule has 6 nitrogen and oxygen atoms in total. The SMILES string of the molecule is CCOC(=O)CC1CCC2(C1)OCC(CSCCCOc1ccc(C(C)=O)c(O)c1C(C)C)S2. The molecule has 1 saturated heterocycles. The monoisotopic (exact) mass is 510 g/mol. The summed E-state index contributed by atoms with van der Waals surface area (Å²) in [6.45, 7) is 9.07. The number of hydrogen-bond donors (Lipinski definition) is 1. The van der Waals surface area contributed by atoms with Crippen LogP contribution in [-0.2, 0) is 14.3 Å². The van der Waals surface area contributed by atoms with E-state index in [-0.39, 0.29) is 28.4 Å². The summed E-state index contributed by atoms with van der Waals surface area (Å²) in [6.07, 6.45) is 4.41. The summed E-state index contributed by atoms with van der Waals surface area (Å²) in [5.41, 5.74) is 1.04. The molecule has 1 aliphatic carbocycles. The highest BCUT2D eigenvalue weighted by molar-refractivity contribution is 8.04. The largest absolute Gasteiger partial charge is 0.507 e. The van der Waals surface area contributed by atoms with Gasteiger partial charge in [0.05, 0.1) is 25.4 Å². The number of hydrogen-bond acceptors (Lipinski definition) is 8. The molecule has 1 saturated carbocycles. The molecule has 2 fully saturated rings. The third kappa shape index (κ3) is 7.08. The van der Waals surface area contributed by atoms with Crippen LogP contribution in [0, 0.1) is 5.92 Å². The summed E-state index contributed by atoms with van der Waals surface area (Å²) in [4.78, 5) is 23.4. The van der Waals surface area contributed by atoms with Crippen LogP contribution in [0.2, 0.25) is 0 Å². The van der Waals surface area contributed by atoms with Gasteiger partial charge in [-0.15, -0.1) is 11.8 Å². The number of ketones is 1. The predicted octanol–water partition coefficient (Wildman–Crippen LogP) is 5.80. The molecule has 1 heterocycles. The van der Waals surface area contributed by atoms with Crippen LogP contribution in [-0.4, -0.2) is 58.4 Å². The summed E-state index contributed by atoms with van der Waals surface area (Å²) in [5.74, 6) is 2.92. The number of benzene rings is 1. The number of carbonyl (C=O) groups is 2. The fourth-order valence-corrected chi connectivity index (χ4v) is 7.61. The van der Waals surface area contributed by atoms with Gasteiger partial charge in [-0.2, -0.15) is 11.8 Å². The summed E-state index contributed by atoms with van der Waals surface area (Å²) in [5, 5.41) is 11.0. The lowest BCUT2D eigenvalue weighted by Crippen LogP contribution is -2.20. The first-order chi connectivity index (χ1) is 16.2. The van der Waals surface area contributed by atoms with Crippen LogP contribution >= 0.6 is 23.5 Å². The number of thioether (sulfide) groups is 2. The summed E-state index contributed by atoms with van der Waals surface area (Å²) < 4.78 is 17.3. The molecule has 3 unspecified atom stereocenters.